The van der Waals surface area contributed by atoms with Gasteiger partial charge in [0.25, 0.3) is 0 Å². The number of rotatable bonds is 2. The summed E-state index contributed by atoms with van der Waals surface area (Å²) < 4.78 is 0. The molecule has 0 amide bonds. The molecule has 0 radical (unpaired) electrons. The summed E-state index contributed by atoms with van der Waals surface area (Å²) in [7, 11) is 0. The Morgan fingerprint density at radius 3 is 1.47 bits per heavy atom. The second kappa shape index (κ2) is 4.28. The van der Waals surface area contributed by atoms with Crippen LogP contribution in [0.5, 0.6) is 0 Å². The first-order chi connectivity index (χ1) is 8.17. The molecule has 0 spiro atoms. The van der Waals surface area contributed by atoms with E-state index in [1.165, 1.54) is 12.8 Å². The summed E-state index contributed by atoms with van der Waals surface area (Å²) in [5.74, 6) is 8.65. The topological polar surface area (TPSA) is 0 Å². The smallest absolute Gasteiger partial charge is 0.0321 e. The van der Waals surface area contributed by atoms with Crippen LogP contribution in [-0.4, -0.2) is 0 Å². The molecule has 3 saturated carbocycles. The first-order valence-electron chi connectivity index (χ1n) is 8.17. The molecule has 0 aromatic heterocycles. The Kier molecular flexibility index (Phi) is 3.04. The highest BCUT2D eigenvalue weighted by Gasteiger charge is 2.57. The molecule has 0 N–H and O–H groups in total. The van der Waals surface area contributed by atoms with Gasteiger partial charge in [0.1, 0.15) is 0 Å². The molecule has 17 heavy (non-hydrogen) atoms. The van der Waals surface area contributed by atoms with Gasteiger partial charge >= 0.3 is 0 Å². The van der Waals surface area contributed by atoms with Crippen LogP contribution < -0.4 is 0 Å². The molecule has 0 aliphatic heterocycles. The number of fused-ring (bicyclic) bond motifs is 3. The van der Waals surface area contributed by atoms with Crippen molar-refractivity contribution in [3.05, 3.63) is 0 Å². The van der Waals surface area contributed by atoms with E-state index in [-0.39, 0.29) is 0 Å². The Bertz CT molecular complexity index is 254. The maximum absolute atomic E-state index is 2.54. The Balaban J connectivity index is 1.88. The van der Waals surface area contributed by atoms with Gasteiger partial charge in [-0.05, 0) is 66.6 Å². The lowest BCUT2D eigenvalue weighted by Crippen LogP contribution is -2.23. The van der Waals surface area contributed by atoms with E-state index in [9.17, 15) is 0 Å². The predicted octanol–water partition coefficient (Wildman–Crippen LogP) is 4.99. The predicted molar refractivity (Wildman–Crippen MR) is 73.7 cm³/mol. The fourth-order valence-corrected chi connectivity index (χ4v) is 6.25. The summed E-state index contributed by atoms with van der Waals surface area (Å²) >= 11 is 0. The summed E-state index contributed by atoms with van der Waals surface area (Å²) in [6.45, 7) is 9.96. The van der Waals surface area contributed by atoms with Crippen LogP contribution in [0.25, 0.3) is 0 Å². The van der Waals surface area contributed by atoms with Crippen LogP contribution in [0.3, 0.4) is 0 Å². The second-order valence-electron chi connectivity index (χ2n) is 7.48. The van der Waals surface area contributed by atoms with Gasteiger partial charge in [-0.2, -0.15) is 0 Å². The highest BCUT2D eigenvalue weighted by Crippen LogP contribution is 2.64. The third-order valence-electron chi connectivity index (χ3n) is 6.93. The first-order valence-corrected chi connectivity index (χ1v) is 8.17. The Morgan fingerprint density at radius 2 is 1.12 bits per heavy atom. The lowest BCUT2D eigenvalue weighted by atomic mass is 9.76. The van der Waals surface area contributed by atoms with Gasteiger partial charge in [0.15, 0.2) is 0 Å². The van der Waals surface area contributed by atoms with Crippen LogP contribution in [0.1, 0.15) is 59.8 Å². The maximum Gasteiger partial charge on any atom is -0.0321 e. The summed E-state index contributed by atoms with van der Waals surface area (Å²) in [4.78, 5) is 0. The van der Waals surface area contributed by atoms with Crippen LogP contribution in [0.4, 0.5) is 0 Å². The van der Waals surface area contributed by atoms with Crippen molar-refractivity contribution in [3.63, 3.8) is 0 Å². The fourth-order valence-electron chi connectivity index (χ4n) is 6.25. The molecule has 0 heterocycles. The molecule has 0 aromatic carbocycles. The van der Waals surface area contributed by atoms with Gasteiger partial charge in [-0.25, -0.2) is 0 Å². The van der Waals surface area contributed by atoms with Gasteiger partial charge in [0.05, 0.1) is 0 Å². The van der Waals surface area contributed by atoms with Gasteiger partial charge in [-0.1, -0.05) is 40.5 Å². The zero-order chi connectivity index (χ0) is 12.2. The molecular formula is C17H30. The summed E-state index contributed by atoms with van der Waals surface area (Å²) in [5, 5.41) is 0. The molecule has 3 rings (SSSR count). The van der Waals surface area contributed by atoms with Crippen molar-refractivity contribution in [2.45, 2.75) is 59.8 Å². The standard InChI is InChI=1S/C17H30/c1-5-12-7-10(3)14-9-15-11(4)8-13(6-2)17(15)16(12)14/h10-17H,5-9H2,1-4H3. The third-order valence-corrected chi connectivity index (χ3v) is 6.93. The second-order valence-corrected chi connectivity index (χ2v) is 7.48. The van der Waals surface area contributed by atoms with Crippen molar-refractivity contribution >= 4 is 0 Å². The molecule has 3 aliphatic rings. The summed E-state index contributed by atoms with van der Waals surface area (Å²) in [6.07, 6.45) is 7.56. The van der Waals surface area contributed by atoms with Crippen molar-refractivity contribution in [1.29, 1.82) is 0 Å². The average Bonchev–Trinajstić information content (AvgIpc) is 2.92. The van der Waals surface area contributed by atoms with Crippen LogP contribution in [-0.2, 0) is 0 Å². The number of hydrogen-bond donors (Lipinski definition) is 0. The highest BCUT2D eigenvalue weighted by molar-refractivity contribution is 5.06. The zero-order valence-electron chi connectivity index (χ0n) is 12.2. The molecule has 0 bridgehead atoms. The van der Waals surface area contributed by atoms with E-state index < -0.39 is 0 Å². The molecule has 98 valence electrons. The molecule has 8 atom stereocenters. The lowest BCUT2D eigenvalue weighted by Gasteiger charge is -2.29. The maximum atomic E-state index is 2.54. The Labute approximate surface area is 108 Å². The van der Waals surface area contributed by atoms with Gasteiger partial charge < -0.3 is 0 Å². The van der Waals surface area contributed by atoms with Crippen LogP contribution in [0.2, 0.25) is 0 Å². The molecule has 8 unspecified atom stereocenters. The minimum absolute atomic E-state index is 1.03. The van der Waals surface area contributed by atoms with E-state index in [0.29, 0.717) is 0 Å². The lowest BCUT2D eigenvalue weighted by molar-refractivity contribution is 0.191. The third kappa shape index (κ3) is 1.62. The van der Waals surface area contributed by atoms with Crippen LogP contribution in [0.15, 0.2) is 0 Å². The van der Waals surface area contributed by atoms with Crippen molar-refractivity contribution < 1.29 is 0 Å². The summed E-state index contributed by atoms with van der Waals surface area (Å²) in [6, 6.07) is 0. The van der Waals surface area contributed by atoms with Gasteiger partial charge in [-0.15, -0.1) is 0 Å². The van der Waals surface area contributed by atoms with E-state index in [0.717, 1.165) is 47.3 Å². The monoisotopic (exact) mass is 234 g/mol. The van der Waals surface area contributed by atoms with E-state index in [1.807, 2.05) is 0 Å². The van der Waals surface area contributed by atoms with Crippen molar-refractivity contribution in [3.8, 4) is 0 Å². The molecule has 3 aliphatic carbocycles. The quantitative estimate of drug-likeness (QED) is 0.631. The van der Waals surface area contributed by atoms with E-state index in [4.69, 9.17) is 0 Å². The van der Waals surface area contributed by atoms with Crippen LogP contribution >= 0.6 is 0 Å². The molecular weight excluding hydrogens is 204 g/mol. The van der Waals surface area contributed by atoms with E-state index >= 15 is 0 Å². The molecule has 3 fully saturated rings. The Morgan fingerprint density at radius 1 is 0.706 bits per heavy atom. The fraction of sp³-hybridized carbons (Fsp3) is 1.00. The molecule has 0 nitrogen and oxygen atoms in total. The molecule has 0 saturated heterocycles. The van der Waals surface area contributed by atoms with Crippen LogP contribution in [0, 0.1) is 47.3 Å². The number of hydrogen-bond acceptors (Lipinski definition) is 0. The zero-order valence-corrected chi connectivity index (χ0v) is 12.2. The van der Waals surface area contributed by atoms with E-state index in [1.54, 1.807) is 19.3 Å². The minimum atomic E-state index is 1.03. The Hall–Kier alpha value is 0. The average molecular weight is 234 g/mol. The van der Waals surface area contributed by atoms with Gasteiger partial charge in [-0.3, -0.25) is 0 Å². The normalized spacial score (nSPS) is 57.2. The van der Waals surface area contributed by atoms with Gasteiger partial charge in [0.2, 0.25) is 0 Å². The van der Waals surface area contributed by atoms with Crippen molar-refractivity contribution in [2.24, 2.45) is 47.3 Å². The van der Waals surface area contributed by atoms with Gasteiger partial charge in [0, 0.05) is 0 Å². The SMILES string of the molecule is CCC1CC(C)C2CC3C(C)CC(CC)C3C12. The molecule has 0 heteroatoms. The van der Waals surface area contributed by atoms with E-state index in [2.05, 4.69) is 27.7 Å². The largest absolute Gasteiger partial charge is 0.0651 e. The minimum Gasteiger partial charge on any atom is -0.0651 e. The summed E-state index contributed by atoms with van der Waals surface area (Å²) in [5.41, 5.74) is 0. The highest BCUT2D eigenvalue weighted by atomic mass is 14.6. The van der Waals surface area contributed by atoms with Crippen molar-refractivity contribution in [1.82, 2.24) is 0 Å². The van der Waals surface area contributed by atoms with Crippen molar-refractivity contribution in [2.75, 3.05) is 0 Å². The first kappa shape index (κ1) is 12.1. The molecule has 0 aromatic rings.